The Morgan fingerprint density at radius 2 is 2.06 bits per heavy atom. The molecule has 0 aliphatic heterocycles. The SMILES string of the molecule is N#Cc1cc(F)ccc1NCCOCC(F)(F)F. The van der Waals surface area contributed by atoms with Crippen molar-refractivity contribution >= 4 is 5.69 Å². The second kappa shape index (κ2) is 6.21. The third-order valence-corrected chi connectivity index (χ3v) is 1.93. The van der Waals surface area contributed by atoms with Crippen molar-refractivity contribution in [1.29, 1.82) is 5.26 Å². The molecule has 0 aliphatic rings. The summed E-state index contributed by atoms with van der Waals surface area (Å²) in [6.07, 6.45) is -4.35. The average Bonchev–Trinajstić information content (AvgIpc) is 2.28. The van der Waals surface area contributed by atoms with Crippen molar-refractivity contribution in [3.8, 4) is 6.07 Å². The number of anilines is 1. The number of nitriles is 1. The van der Waals surface area contributed by atoms with Gasteiger partial charge in [-0.15, -0.1) is 0 Å². The van der Waals surface area contributed by atoms with Gasteiger partial charge in [-0.05, 0) is 18.2 Å². The molecule has 0 fully saturated rings. The molecular formula is C11H10F4N2O. The first kappa shape index (κ1) is 14.3. The number of halogens is 4. The molecule has 0 saturated heterocycles. The number of hydrogen-bond acceptors (Lipinski definition) is 3. The van der Waals surface area contributed by atoms with E-state index >= 15 is 0 Å². The van der Waals surface area contributed by atoms with Crippen LogP contribution in [0, 0.1) is 17.1 Å². The highest BCUT2D eigenvalue weighted by molar-refractivity contribution is 5.57. The van der Waals surface area contributed by atoms with E-state index in [1.165, 1.54) is 6.07 Å². The van der Waals surface area contributed by atoms with E-state index in [1.807, 2.05) is 0 Å². The fourth-order valence-corrected chi connectivity index (χ4v) is 1.21. The number of hydrogen-bond donors (Lipinski definition) is 1. The van der Waals surface area contributed by atoms with Gasteiger partial charge in [-0.1, -0.05) is 0 Å². The van der Waals surface area contributed by atoms with Crippen LogP contribution < -0.4 is 5.32 Å². The lowest BCUT2D eigenvalue weighted by molar-refractivity contribution is -0.172. The molecule has 0 aliphatic carbocycles. The molecule has 0 bridgehead atoms. The molecule has 98 valence electrons. The number of alkyl halides is 3. The van der Waals surface area contributed by atoms with E-state index in [-0.39, 0.29) is 18.7 Å². The molecule has 1 N–H and O–H groups in total. The fourth-order valence-electron chi connectivity index (χ4n) is 1.21. The van der Waals surface area contributed by atoms with Gasteiger partial charge in [0.2, 0.25) is 0 Å². The standard InChI is InChI=1S/C11H10F4N2O/c12-9-1-2-10(8(5-9)6-16)17-3-4-18-7-11(13,14)15/h1-2,5,17H,3-4,7H2. The molecule has 1 rings (SSSR count). The Balaban J connectivity index is 2.38. The quantitative estimate of drug-likeness (QED) is 0.655. The molecule has 1 aromatic carbocycles. The second-order valence-corrected chi connectivity index (χ2v) is 3.40. The lowest BCUT2D eigenvalue weighted by Gasteiger charge is -2.10. The van der Waals surface area contributed by atoms with Crippen LogP contribution in [0.15, 0.2) is 18.2 Å². The van der Waals surface area contributed by atoms with Gasteiger partial charge < -0.3 is 10.1 Å². The Hall–Kier alpha value is -1.81. The number of ether oxygens (including phenoxy) is 1. The minimum Gasteiger partial charge on any atom is -0.382 e. The highest BCUT2D eigenvalue weighted by Gasteiger charge is 2.27. The summed E-state index contributed by atoms with van der Waals surface area (Å²) in [6, 6.07) is 5.32. The van der Waals surface area contributed by atoms with Crippen molar-refractivity contribution in [3.63, 3.8) is 0 Å². The summed E-state index contributed by atoms with van der Waals surface area (Å²) >= 11 is 0. The molecule has 0 unspecified atom stereocenters. The van der Waals surface area contributed by atoms with E-state index in [0.717, 1.165) is 12.1 Å². The Labute approximate surface area is 101 Å². The zero-order chi connectivity index (χ0) is 13.6. The fraction of sp³-hybridized carbons (Fsp3) is 0.364. The van der Waals surface area contributed by atoms with Gasteiger partial charge in [0.25, 0.3) is 0 Å². The first-order chi connectivity index (χ1) is 8.42. The van der Waals surface area contributed by atoms with Crippen LogP contribution in [0.1, 0.15) is 5.56 Å². The lowest BCUT2D eigenvalue weighted by Crippen LogP contribution is -2.20. The van der Waals surface area contributed by atoms with Crippen molar-refractivity contribution < 1.29 is 22.3 Å². The van der Waals surface area contributed by atoms with E-state index in [4.69, 9.17) is 5.26 Å². The third kappa shape index (κ3) is 5.01. The number of nitrogens with one attached hydrogen (secondary N) is 1. The largest absolute Gasteiger partial charge is 0.411 e. The Morgan fingerprint density at radius 3 is 2.67 bits per heavy atom. The Bertz CT molecular complexity index is 440. The van der Waals surface area contributed by atoms with Crippen molar-refractivity contribution in [2.45, 2.75) is 6.18 Å². The van der Waals surface area contributed by atoms with Crippen molar-refractivity contribution in [3.05, 3.63) is 29.6 Å². The maximum Gasteiger partial charge on any atom is 0.411 e. The average molecular weight is 262 g/mol. The number of benzene rings is 1. The van der Waals surface area contributed by atoms with Crippen LogP contribution in [0.25, 0.3) is 0 Å². The van der Waals surface area contributed by atoms with Crippen LogP contribution in [-0.2, 0) is 4.74 Å². The molecule has 0 aromatic heterocycles. The van der Waals surface area contributed by atoms with Crippen molar-refractivity contribution in [2.75, 3.05) is 25.1 Å². The molecule has 0 atom stereocenters. The topological polar surface area (TPSA) is 45.0 Å². The maximum atomic E-state index is 12.8. The van der Waals surface area contributed by atoms with E-state index < -0.39 is 18.6 Å². The summed E-state index contributed by atoms with van der Waals surface area (Å²) in [5, 5.41) is 11.4. The third-order valence-electron chi connectivity index (χ3n) is 1.93. The minimum atomic E-state index is -4.35. The van der Waals surface area contributed by atoms with Crippen LogP contribution in [0.3, 0.4) is 0 Å². The van der Waals surface area contributed by atoms with Gasteiger partial charge in [0.05, 0.1) is 17.9 Å². The molecule has 3 nitrogen and oxygen atoms in total. The summed E-state index contributed by atoms with van der Waals surface area (Å²) in [4.78, 5) is 0. The van der Waals surface area contributed by atoms with E-state index in [9.17, 15) is 17.6 Å². The van der Waals surface area contributed by atoms with Gasteiger partial charge in [-0.25, -0.2) is 4.39 Å². The summed E-state index contributed by atoms with van der Waals surface area (Å²) in [5.74, 6) is -0.551. The van der Waals surface area contributed by atoms with Crippen LogP contribution in [0.5, 0.6) is 0 Å². The van der Waals surface area contributed by atoms with Crippen LogP contribution in [-0.4, -0.2) is 25.9 Å². The molecule has 0 amide bonds. The normalized spacial score (nSPS) is 11.1. The predicted molar refractivity (Wildman–Crippen MR) is 56.5 cm³/mol. The summed E-state index contributed by atoms with van der Waals surface area (Å²) in [5.41, 5.74) is 0.445. The second-order valence-electron chi connectivity index (χ2n) is 3.40. The van der Waals surface area contributed by atoms with Crippen LogP contribution >= 0.6 is 0 Å². The summed E-state index contributed by atoms with van der Waals surface area (Å²) < 4.78 is 52.4. The van der Waals surface area contributed by atoms with Gasteiger partial charge in [-0.2, -0.15) is 18.4 Å². The minimum absolute atomic E-state index is 0.0887. The zero-order valence-corrected chi connectivity index (χ0v) is 9.22. The smallest absolute Gasteiger partial charge is 0.382 e. The molecular weight excluding hydrogens is 252 g/mol. The van der Waals surface area contributed by atoms with E-state index in [0.29, 0.717) is 5.69 Å². The van der Waals surface area contributed by atoms with Gasteiger partial charge in [0.15, 0.2) is 0 Å². The molecule has 0 radical (unpaired) electrons. The van der Waals surface area contributed by atoms with Crippen LogP contribution in [0.4, 0.5) is 23.2 Å². The predicted octanol–water partition coefficient (Wildman–Crippen LogP) is 2.69. The van der Waals surface area contributed by atoms with Gasteiger partial charge in [-0.3, -0.25) is 0 Å². The lowest BCUT2D eigenvalue weighted by atomic mass is 10.2. The molecule has 0 heterocycles. The molecule has 0 spiro atoms. The summed E-state index contributed by atoms with van der Waals surface area (Å²) in [6.45, 7) is -1.39. The Kier molecular flexibility index (Phi) is 4.92. The van der Waals surface area contributed by atoms with Gasteiger partial charge in [0.1, 0.15) is 18.5 Å². The van der Waals surface area contributed by atoms with Crippen molar-refractivity contribution in [2.24, 2.45) is 0 Å². The van der Waals surface area contributed by atoms with Crippen LogP contribution in [0.2, 0.25) is 0 Å². The first-order valence-electron chi connectivity index (χ1n) is 5.00. The molecule has 7 heteroatoms. The molecule has 18 heavy (non-hydrogen) atoms. The van der Waals surface area contributed by atoms with Crippen molar-refractivity contribution in [1.82, 2.24) is 0 Å². The number of nitrogens with zero attached hydrogens (tertiary/aromatic N) is 1. The van der Waals surface area contributed by atoms with E-state index in [1.54, 1.807) is 6.07 Å². The Morgan fingerprint density at radius 1 is 1.33 bits per heavy atom. The maximum absolute atomic E-state index is 12.8. The molecule has 0 saturated carbocycles. The first-order valence-corrected chi connectivity index (χ1v) is 5.00. The van der Waals surface area contributed by atoms with Gasteiger partial charge in [0, 0.05) is 6.54 Å². The highest BCUT2D eigenvalue weighted by Crippen LogP contribution is 2.16. The van der Waals surface area contributed by atoms with E-state index in [2.05, 4.69) is 10.1 Å². The molecule has 1 aromatic rings. The summed E-state index contributed by atoms with van der Waals surface area (Å²) in [7, 11) is 0. The van der Waals surface area contributed by atoms with Gasteiger partial charge >= 0.3 is 6.18 Å². The number of rotatable bonds is 5. The highest BCUT2D eigenvalue weighted by atomic mass is 19.4. The zero-order valence-electron chi connectivity index (χ0n) is 9.22. The monoisotopic (exact) mass is 262 g/mol.